The van der Waals surface area contributed by atoms with Gasteiger partial charge in [-0.05, 0) is 30.4 Å². The number of para-hydroxylation sites is 1. The lowest BCUT2D eigenvalue weighted by Gasteiger charge is -2.30. The zero-order chi connectivity index (χ0) is 12.5. The van der Waals surface area contributed by atoms with Gasteiger partial charge in [-0.3, -0.25) is 0 Å². The van der Waals surface area contributed by atoms with Gasteiger partial charge in [0, 0.05) is 18.5 Å². The van der Waals surface area contributed by atoms with Gasteiger partial charge in [0.15, 0.2) is 0 Å². The molecule has 1 saturated carbocycles. The molecule has 1 N–H and O–H groups in total. The first-order valence-corrected chi connectivity index (χ1v) is 6.89. The number of rotatable bonds is 2. The van der Waals surface area contributed by atoms with Crippen molar-refractivity contribution in [2.24, 2.45) is 5.92 Å². The average molecular weight is 247 g/mol. The third kappa shape index (κ3) is 1.91. The van der Waals surface area contributed by atoms with Gasteiger partial charge in [-0.2, -0.15) is 5.06 Å². The Kier molecular flexibility index (Phi) is 3.27. The molecule has 1 aromatic carbocycles. The minimum absolute atomic E-state index is 0.355. The molecule has 0 aromatic heterocycles. The van der Waals surface area contributed by atoms with E-state index in [1.54, 1.807) is 12.2 Å². The van der Waals surface area contributed by atoms with Crippen LogP contribution in [0.4, 0.5) is 0 Å². The SMILES string of the molecule is COc1ccccc1C1CN(O)C2CCCCC12. The van der Waals surface area contributed by atoms with E-state index in [1.165, 1.54) is 24.8 Å². The van der Waals surface area contributed by atoms with E-state index in [4.69, 9.17) is 4.74 Å². The standard InChI is InChI=1S/C15H21NO2/c1-18-15-9-5-3-7-12(15)13-10-16(17)14-8-4-2-6-11(13)14/h3,5,7,9,11,13-14,17H,2,4,6,8,10H2,1H3. The summed E-state index contributed by atoms with van der Waals surface area (Å²) < 4.78 is 5.47. The van der Waals surface area contributed by atoms with E-state index in [1.807, 2.05) is 12.1 Å². The molecule has 1 aliphatic heterocycles. The molecule has 1 saturated heterocycles. The van der Waals surface area contributed by atoms with Gasteiger partial charge in [0.05, 0.1) is 7.11 Å². The van der Waals surface area contributed by atoms with Crippen LogP contribution in [0, 0.1) is 5.92 Å². The number of nitrogens with zero attached hydrogens (tertiary/aromatic N) is 1. The zero-order valence-corrected chi connectivity index (χ0v) is 10.9. The highest BCUT2D eigenvalue weighted by molar-refractivity contribution is 5.38. The van der Waals surface area contributed by atoms with Gasteiger partial charge in [-0.15, -0.1) is 0 Å². The molecule has 0 spiro atoms. The first-order chi connectivity index (χ1) is 8.81. The van der Waals surface area contributed by atoms with Gasteiger partial charge in [-0.1, -0.05) is 31.0 Å². The molecule has 3 atom stereocenters. The summed E-state index contributed by atoms with van der Waals surface area (Å²) in [6.45, 7) is 0.746. The first kappa shape index (κ1) is 12.0. The Hall–Kier alpha value is -1.06. The second-order valence-electron chi connectivity index (χ2n) is 5.49. The van der Waals surface area contributed by atoms with Crippen LogP contribution in [0.15, 0.2) is 24.3 Å². The van der Waals surface area contributed by atoms with Crippen molar-refractivity contribution in [2.45, 2.75) is 37.6 Å². The molecule has 1 aromatic rings. The Morgan fingerprint density at radius 2 is 2.00 bits per heavy atom. The Morgan fingerprint density at radius 1 is 1.22 bits per heavy atom. The van der Waals surface area contributed by atoms with Crippen molar-refractivity contribution in [3.63, 3.8) is 0 Å². The van der Waals surface area contributed by atoms with Gasteiger partial charge >= 0.3 is 0 Å². The molecule has 0 radical (unpaired) electrons. The van der Waals surface area contributed by atoms with Crippen LogP contribution in [-0.4, -0.2) is 30.0 Å². The van der Waals surface area contributed by atoms with Crippen LogP contribution in [0.1, 0.15) is 37.2 Å². The monoisotopic (exact) mass is 247 g/mol. The maximum Gasteiger partial charge on any atom is 0.122 e. The summed E-state index contributed by atoms with van der Waals surface area (Å²) >= 11 is 0. The molecular weight excluding hydrogens is 226 g/mol. The molecule has 0 amide bonds. The molecule has 3 rings (SSSR count). The lowest BCUT2D eigenvalue weighted by atomic mass is 9.77. The van der Waals surface area contributed by atoms with Crippen molar-refractivity contribution < 1.29 is 9.94 Å². The third-order valence-corrected chi connectivity index (χ3v) is 4.60. The predicted molar refractivity (Wildman–Crippen MR) is 70.0 cm³/mol. The Balaban J connectivity index is 1.92. The highest BCUT2D eigenvalue weighted by Crippen LogP contribution is 2.46. The number of hydrogen-bond donors (Lipinski definition) is 1. The smallest absolute Gasteiger partial charge is 0.122 e. The fourth-order valence-electron chi connectivity index (χ4n) is 3.75. The van der Waals surface area contributed by atoms with E-state index in [0.29, 0.717) is 17.9 Å². The zero-order valence-electron chi connectivity index (χ0n) is 10.9. The van der Waals surface area contributed by atoms with Crippen molar-refractivity contribution >= 4 is 0 Å². The molecule has 3 nitrogen and oxygen atoms in total. The van der Waals surface area contributed by atoms with Gasteiger partial charge < -0.3 is 9.94 Å². The molecule has 1 aliphatic carbocycles. The summed E-state index contributed by atoms with van der Waals surface area (Å²) in [7, 11) is 1.73. The molecule has 2 fully saturated rings. The van der Waals surface area contributed by atoms with Crippen molar-refractivity contribution in [3.05, 3.63) is 29.8 Å². The number of benzene rings is 1. The van der Waals surface area contributed by atoms with E-state index < -0.39 is 0 Å². The lowest BCUT2D eigenvalue weighted by molar-refractivity contribution is -0.114. The van der Waals surface area contributed by atoms with Crippen molar-refractivity contribution in [1.29, 1.82) is 0 Å². The molecule has 98 valence electrons. The molecular formula is C15H21NO2. The lowest BCUT2D eigenvalue weighted by Crippen LogP contribution is -2.32. The van der Waals surface area contributed by atoms with Crippen LogP contribution in [0.25, 0.3) is 0 Å². The topological polar surface area (TPSA) is 32.7 Å². The second-order valence-corrected chi connectivity index (χ2v) is 5.49. The fraction of sp³-hybridized carbons (Fsp3) is 0.600. The Labute approximate surface area is 108 Å². The Bertz CT molecular complexity index is 421. The quantitative estimate of drug-likeness (QED) is 0.872. The molecule has 3 unspecified atom stereocenters. The van der Waals surface area contributed by atoms with Crippen LogP contribution in [0.2, 0.25) is 0 Å². The molecule has 18 heavy (non-hydrogen) atoms. The highest BCUT2D eigenvalue weighted by atomic mass is 16.5. The summed E-state index contributed by atoms with van der Waals surface area (Å²) in [5.74, 6) is 1.96. The minimum atomic E-state index is 0.355. The number of hydroxylamine groups is 2. The summed E-state index contributed by atoms with van der Waals surface area (Å²) in [5, 5.41) is 11.7. The Morgan fingerprint density at radius 3 is 2.83 bits per heavy atom. The number of fused-ring (bicyclic) bond motifs is 1. The summed E-state index contributed by atoms with van der Waals surface area (Å²) in [6, 6.07) is 8.59. The largest absolute Gasteiger partial charge is 0.496 e. The van der Waals surface area contributed by atoms with E-state index in [2.05, 4.69) is 12.1 Å². The van der Waals surface area contributed by atoms with E-state index in [9.17, 15) is 5.21 Å². The van der Waals surface area contributed by atoms with E-state index >= 15 is 0 Å². The van der Waals surface area contributed by atoms with Gasteiger partial charge in [-0.25, -0.2) is 0 Å². The average Bonchev–Trinajstić information content (AvgIpc) is 2.77. The normalized spacial score (nSPS) is 32.2. The minimum Gasteiger partial charge on any atom is -0.496 e. The van der Waals surface area contributed by atoms with Crippen molar-refractivity contribution in [1.82, 2.24) is 5.06 Å². The molecule has 2 aliphatic rings. The van der Waals surface area contributed by atoms with Crippen LogP contribution >= 0.6 is 0 Å². The number of ether oxygens (including phenoxy) is 1. The van der Waals surface area contributed by atoms with Crippen molar-refractivity contribution in [2.75, 3.05) is 13.7 Å². The number of hydrogen-bond acceptors (Lipinski definition) is 3. The predicted octanol–water partition coefficient (Wildman–Crippen LogP) is 3.04. The second kappa shape index (κ2) is 4.90. The van der Waals surface area contributed by atoms with Gasteiger partial charge in [0.25, 0.3) is 0 Å². The summed E-state index contributed by atoms with van der Waals surface area (Å²) in [6.07, 6.45) is 4.90. The third-order valence-electron chi connectivity index (χ3n) is 4.60. The van der Waals surface area contributed by atoms with Crippen LogP contribution < -0.4 is 4.74 Å². The van der Waals surface area contributed by atoms with Crippen molar-refractivity contribution in [3.8, 4) is 5.75 Å². The molecule has 1 heterocycles. The van der Waals surface area contributed by atoms with E-state index in [-0.39, 0.29) is 0 Å². The van der Waals surface area contributed by atoms with E-state index in [0.717, 1.165) is 18.7 Å². The van der Waals surface area contributed by atoms with Crippen LogP contribution in [0.5, 0.6) is 5.75 Å². The number of methoxy groups -OCH3 is 1. The molecule has 3 heteroatoms. The van der Waals surface area contributed by atoms with Crippen LogP contribution in [-0.2, 0) is 0 Å². The first-order valence-electron chi connectivity index (χ1n) is 6.89. The summed E-state index contributed by atoms with van der Waals surface area (Å²) in [5.41, 5.74) is 1.26. The maximum atomic E-state index is 10.1. The summed E-state index contributed by atoms with van der Waals surface area (Å²) in [4.78, 5) is 0. The molecule has 0 bridgehead atoms. The van der Waals surface area contributed by atoms with Crippen LogP contribution in [0.3, 0.4) is 0 Å². The fourth-order valence-corrected chi connectivity index (χ4v) is 3.75. The highest BCUT2D eigenvalue weighted by Gasteiger charge is 2.43. The van der Waals surface area contributed by atoms with Gasteiger partial charge in [0.1, 0.15) is 5.75 Å². The maximum absolute atomic E-state index is 10.1. The van der Waals surface area contributed by atoms with Gasteiger partial charge in [0.2, 0.25) is 0 Å².